The summed E-state index contributed by atoms with van der Waals surface area (Å²) in [6.45, 7) is 9.71. The third-order valence-corrected chi connectivity index (χ3v) is 7.35. The Hall–Kier alpha value is -2.48. The Kier molecular flexibility index (Phi) is 8.99. The molecule has 198 valence electrons. The Labute approximate surface area is 215 Å². The summed E-state index contributed by atoms with van der Waals surface area (Å²) in [6, 6.07) is 4.03. The minimum atomic E-state index is -0.513. The average Bonchev–Trinajstić information content (AvgIpc) is 3.34. The number of likely N-dealkylation sites (N-methyl/N-ethyl adjacent to an activating group) is 1. The zero-order chi connectivity index (χ0) is 25.5. The molecule has 0 bridgehead atoms. The van der Waals surface area contributed by atoms with Crippen LogP contribution in [-0.4, -0.2) is 64.8 Å². The number of esters is 1. The number of anilines is 1. The van der Waals surface area contributed by atoms with Crippen LogP contribution in [0.1, 0.15) is 90.4 Å². The van der Waals surface area contributed by atoms with E-state index in [4.69, 9.17) is 14.2 Å². The van der Waals surface area contributed by atoms with Gasteiger partial charge in [0.05, 0.1) is 6.42 Å². The van der Waals surface area contributed by atoms with Gasteiger partial charge in [0.25, 0.3) is 0 Å². The molecule has 3 heterocycles. The van der Waals surface area contributed by atoms with Crippen molar-refractivity contribution in [1.29, 1.82) is 0 Å². The fourth-order valence-electron chi connectivity index (χ4n) is 5.29. The molecule has 0 N–H and O–H groups in total. The Morgan fingerprint density at radius 1 is 1.14 bits per heavy atom. The SMILES string of the molecule is CN1CCN(c2ccc(-c3noc(C(CCCC4CCCCC4)CC(=O)OC(C)(C)C)n3)cn2)CC1. The number of nitrogens with zero attached hydrogens (tertiary/aromatic N) is 5. The average molecular weight is 498 g/mol. The molecular weight excluding hydrogens is 454 g/mol. The van der Waals surface area contributed by atoms with E-state index < -0.39 is 5.60 Å². The van der Waals surface area contributed by atoms with Crippen LogP contribution in [-0.2, 0) is 9.53 Å². The number of rotatable bonds is 9. The predicted octanol–water partition coefficient (Wildman–Crippen LogP) is 5.45. The van der Waals surface area contributed by atoms with Crippen molar-refractivity contribution >= 4 is 11.8 Å². The van der Waals surface area contributed by atoms with E-state index >= 15 is 0 Å². The number of carbonyl (C=O) groups excluding carboxylic acids is 1. The predicted molar refractivity (Wildman–Crippen MR) is 141 cm³/mol. The second-order valence-corrected chi connectivity index (χ2v) is 11.6. The smallest absolute Gasteiger partial charge is 0.307 e. The highest BCUT2D eigenvalue weighted by Crippen LogP contribution is 2.32. The fraction of sp³-hybridized carbons (Fsp3) is 0.714. The maximum absolute atomic E-state index is 12.7. The molecule has 2 aromatic heterocycles. The van der Waals surface area contributed by atoms with Crippen molar-refractivity contribution in [2.24, 2.45) is 5.92 Å². The van der Waals surface area contributed by atoms with Crippen LogP contribution in [0.4, 0.5) is 5.82 Å². The van der Waals surface area contributed by atoms with Crippen LogP contribution in [0.25, 0.3) is 11.4 Å². The van der Waals surface area contributed by atoms with Gasteiger partial charge in [0.2, 0.25) is 11.7 Å². The molecule has 8 nitrogen and oxygen atoms in total. The van der Waals surface area contributed by atoms with E-state index in [1.54, 1.807) is 0 Å². The highest BCUT2D eigenvalue weighted by Gasteiger charge is 2.27. The first-order chi connectivity index (χ1) is 17.3. The summed E-state index contributed by atoms with van der Waals surface area (Å²) in [5, 5.41) is 4.24. The van der Waals surface area contributed by atoms with Gasteiger partial charge < -0.3 is 19.1 Å². The molecule has 1 aliphatic heterocycles. The Bertz CT molecular complexity index is 954. The number of ether oxygens (including phenoxy) is 1. The normalized spacial score (nSPS) is 18.8. The molecule has 2 fully saturated rings. The van der Waals surface area contributed by atoms with E-state index in [0.29, 0.717) is 11.7 Å². The van der Waals surface area contributed by atoms with Gasteiger partial charge in [0.15, 0.2) is 0 Å². The molecule has 1 saturated carbocycles. The van der Waals surface area contributed by atoms with Crippen LogP contribution >= 0.6 is 0 Å². The van der Waals surface area contributed by atoms with Crippen molar-refractivity contribution in [3.63, 3.8) is 0 Å². The van der Waals surface area contributed by atoms with Crippen LogP contribution in [0.5, 0.6) is 0 Å². The Morgan fingerprint density at radius 2 is 1.89 bits per heavy atom. The van der Waals surface area contributed by atoms with Gasteiger partial charge in [-0.25, -0.2) is 4.98 Å². The van der Waals surface area contributed by atoms with Gasteiger partial charge in [-0.1, -0.05) is 50.1 Å². The molecule has 0 amide bonds. The van der Waals surface area contributed by atoms with Crippen molar-refractivity contribution < 1.29 is 14.1 Å². The maximum atomic E-state index is 12.7. The Balaban J connectivity index is 1.41. The van der Waals surface area contributed by atoms with Crippen molar-refractivity contribution in [2.45, 2.75) is 90.1 Å². The number of carbonyl (C=O) groups is 1. The number of hydrogen-bond donors (Lipinski definition) is 0. The summed E-state index contributed by atoms with van der Waals surface area (Å²) in [6.07, 6.45) is 11.9. The molecule has 2 aromatic rings. The lowest BCUT2D eigenvalue weighted by Crippen LogP contribution is -2.44. The van der Waals surface area contributed by atoms with E-state index in [2.05, 4.69) is 27.0 Å². The van der Waals surface area contributed by atoms with Gasteiger partial charge in [0, 0.05) is 43.9 Å². The van der Waals surface area contributed by atoms with Gasteiger partial charge in [-0.15, -0.1) is 0 Å². The van der Waals surface area contributed by atoms with Gasteiger partial charge in [-0.3, -0.25) is 4.79 Å². The van der Waals surface area contributed by atoms with Crippen molar-refractivity contribution in [3.8, 4) is 11.4 Å². The van der Waals surface area contributed by atoms with Crippen molar-refractivity contribution in [1.82, 2.24) is 20.0 Å². The highest BCUT2D eigenvalue weighted by molar-refractivity contribution is 5.70. The molecule has 4 rings (SSSR count). The quantitative estimate of drug-likeness (QED) is 0.423. The molecule has 36 heavy (non-hydrogen) atoms. The molecule has 1 unspecified atom stereocenters. The Morgan fingerprint density at radius 3 is 2.56 bits per heavy atom. The van der Waals surface area contributed by atoms with E-state index in [0.717, 1.165) is 56.3 Å². The molecule has 1 saturated heterocycles. The van der Waals surface area contributed by atoms with E-state index in [-0.39, 0.29) is 18.3 Å². The van der Waals surface area contributed by atoms with Crippen LogP contribution < -0.4 is 4.90 Å². The second kappa shape index (κ2) is 12.2. The molecule has 0 aromatic carbocycles. The third-order valence-electron chi connectivity index (χ3n) is 7.35. The van der Waals surface area contributed by atoms with Crippen LogP contribution in [0.2, 0.25) is 0 Å². The summed E-state index contributed by atoms with van der Waals surface area (Å²) in [7, 11) is 2.15. The van der Waals surface area contributed by atoms with Gasteiger partial charge in [-0.05, 0) is 52.3 Å². The minimum absolute atomic E-state index is 0.137. The zero-order valence-electron chi connectivity index (χ0n) is 22.5. The van der Waals surface area contributed by atoms with Gasteiger partial charge >= 0.3 is 5.97 Å². The van der Waals surface area contributed by atoms with Crippen molar-refractivity contribution in [3.05, 3.63) is 24.2 Å². The van der Waals surface area contributed by atoms with Crippen LogP contribution in [0.3, 0.4) is 0 Å². The van der Waals surface area contributed by atoms with Crippen molar-refractivity contribution in [2.75, 3.05) is 38.1 Å². The molecule has 0 spiro atoms. The zero-order valence-corrected chi connectivity index (χ0v) is 22.5. The molecule has 1 aliphatic carbocycles. The first-order valence-corrected chi connectivity index (χ1v) is 13.7. The topological polar surface area (TPSA) is 84.6 Å². The van der Waals surface area contributed by atoms with Gasteiger partial charge in [0.1, 0.15) is 11.4 Å². The minimum Gasteiger partial charge on any atom is -0.460 e. The summed E-state index contributed by atoms with van der Waals surface area (Å²) in [5.74, 6) is 2.46. The second-order valence-electron chi connectivity index (χ2n) is 11.6. The maximum Gasteiger partial charge on any atom is 0.307 e. The summed E-state index contributed by atoms with van der Waals surface area (Å²) in [5.41, 5.74) is 0.307. The molecule has 1 atom stereocenters. The highest BCUT2D eigenvalue weighted by atomic mass is 16.6. The summed E-state index contributed by atoms with van der Waals surface area (Å²) in [4.78, 5) is 26.7. The fourth-order valence-corrected chi connectivity index (χ4v) is 5.29. The number of piperazine rings is 1. The summed E-state index contributed by atoms with van der Waals surface area (Å²) < 4.78 is 11.3. The van der Waals surface area contributed by atoms with Crippen LogP contribution in [0.15, 0.2) is 22.9 Å². The first kappa shape index (κ1) is 26.6. The molecular formula is C28H43N5O3. The monoisotopic (exact) mass is 497 g/mol. The van der Waals surface area contributed by atoms with E-state index in [1.807, 2.05) is 39.1 Å². The lowest BCUT2D eigenvalue weighted by Gasteiger charge is -2.33. The number of hydrogen-bond acceptors (Lipinski definition) is 8. The number of aromatic nitrogens is 3. The summed E-state index contributed by atoms with van der Waals surface area (Å²) >= 11 is 0. The van der Waals surface area contributed by atoms with Gasteiger partial charge in [-0.2, -0.15) is 4.98 Å². The van der Waals surface area contributed by atoms with E-state index in [9.17, 15) is 4.79 Å². The first-order valence-electron chi connectivity index (χ1n) is 13.7. The lowest BCUT2D eigenvalue weighted by molar-refractivity contribution is -0.155. The standard InChI is InChI=1S/C28H43N5O3/c1-28(2,3)35-25(34)19-22(12-8-11-21-9-6-5-7-10-21)27-30-26(31-36-27)23-13-14-24(29-20-23)33-17-15-32(4)16-18-33/h13-14,20-22H,5-12,15-19H2,1-4H3. The third kappa shape index (κ3) is 7.76. The number of pyridine rings is 1. The molecule has 8 heteroatoms. The largest absolute Gasteiger partial charge is 0.460 e. The molecule has 2 aliphatic rings. The van der Waals surface area contributed by atoms with Crippen LogP contribution in [0, 0.1) is 5.92 Å². The van der Waals surface area contributed by atoms with E-state index in [1.165, 1.54) is 38.5 Å². The lowest BCUT2D eigenvalue weighted by atomic mass is 9.84. The molecule has 0 radical (unpaired) electrons.